The number of imidazole rings is 2. The molecule has 4 aromatic rings. The largest absolute Gasteiger partial charge is 0.453 e. The summed E-state index contributed by atoms with van der Waals surface area (Å²) in [6, 6.07) is 14.2. The topological polar surface area (TPSA) is 193 Å². The first-order valence-electron chi connectivity index (χ1n) is 20.7. The second-order valence-corrected chi connectivity index (χ2v) is 16.7. The van der Waals surface area contributed by atoms with E-state index in [0.717, 1.165) is 46.5 Å². The number of rotatable bonds is 11. The minimum Gasteiger partial charge on any atom is -0.453 e. The number of H-pyrrole nitrogens is 2. The average molecular weight is 825 g/mol. The smallest absolute Gasteiger partial charge is 0.407 e. The number of nitrogens with zero attached hydrogens (tertiary/aromatic N) is 4. The van der Waals surface area contributed by atoms with Gasteiger partial charge in [0.2, 0.25) is 11.8 Å². The van der Waals surface area contributed by atoms with Gasteiger partial charge in [-0.25, -0.2) is 19.6 Å². The molecule has 0 aliphatic carbocycles. The summed E-state index contributed by atoms with van der Waals surface area (Å²) < 4.78 is 22.3. The number of aromatic amines is 2. The third-order valence-electron chi connectivity index (χ3n) is 11.9. The number of carbonyl (C=O) groups is 4. The van der Waals surface area contributed by atoms with Crippen LogP contribution in [0.4, 0.5) is 9.59 Å². The summed E-state index contributed by atoms with van der Waals surface area (Å²) in [7, 11) is 2.56. The van der Waals surface area contributed by atoms with Gasteiger partial charge in [-0.2, -0.15) is 0 Å². The summed E-state index contributed by atoms with van der Waals surface area (Å²) in [5.74, 6) is -0.412. The Labute approximate surface area is 350 Å². The normalized spacial score (nSPS) is 22.0. The van der Waals surface area contributed by atoms with Gasteiger partial charge in [0.1, 0.15) is 23.7 Å². The first-order chi connectivity index (χ1) is 28.7. The Kier molecular flexibility index (Phi) is 12.3. The molecule has 2 aromatic carbocycles. The van der Waals surface area contributed by atoms with Crippen molar-refractivity contribution in [3.8, 4) is 33.6 Å². The number of benzene rings is 2. The maximum Gasteiger partial charge on any atom is 0.407 e. The van der Waals surface area contributed by atoms with E-state index in [-0.39, 0.29) is 48.4 Å². The number of alkyl carbamates (subject to hydrolysis) is 2. The molecule has 5 heterocycles. The number of likely N-dealkylation sites (tertiary alicyclic amines) is 2. The Bertz CT molecular complexity index is 2160. The van der Waals surface area contributed by atoms with Gasteiger partial charge >= 0.3 is 12.2 Å². The number of amides is 4. The standard InChI is InChI=1S/C44H56N8O8/c1-24(2)36(49-42(55)57-7)40(53)51-19-9-10-34(51)38-45-21-32(47-38)30-15-11-28(12-16-30)29-13-17-31(18-14-29)33-22-46-39(48-33)35-20-44(59-26(5)27(6)60-44)23-52(35)41(54)37(25(3)4)50-43(56)58-8/h11-18,21-22,24-27,34-37H,9-10,19-20,23H2,1-8H3,(H,45,47)(H,46,48)(H,49,55)(H,50,56)/t26-,27-,34-,35-,36-,37-/m0/s1. The Hall–Kier alpha value is -5.74. The lowest BCUT2D eigenvalue weighted by Gasteiger charge is -2.30. The molecule has 3 fully saturated rings. The maximum absolute atomic E-state index is 14.1. The Morgan fingerprint density at radius 3 is 1.58 bits per heavy atom. The van der Waals surface area contributed by atoms with Crippen molar-refractivity contribution in [2.75, 3.05) is 27.3 Å². The highest BCUT2D eigenvalue weighted by Gasteiger charge is 2.55. The number of hydrogen-bond donors (Lipinski definition) is 4. The first-order valence-corrected chi connectivity index (χ1v) is 20.7. The highest BCUT2D eigenvalue weighted by Crippen LogP contribution is 2.45. The van der Waals surface area contributed by atoms with Crippen molar-refractivity contribution in [3.05, 3.63) is 72.6 Å². The van der Waals surface area contributed by atoms with Crippen molar-refractivity contribution in [2.45, 2.75) is 103 Å². The van der Waals surface area contributed by atoms with Gasteiger partial charge in [0, 0.05) is 13.0 Å². The van der Waals surface area contributed by atoms with Crippen LogP contribution in [0.1, 0.15) is 84.5 Å². The van der Waals surface area contributed by atoms with Gasteiger partial charge in [0.15, 0.2) is 5.79 Å². The second-order valence-electron chi connectivity index (χ2n) is 16.7. The molecule has 4 amide bonds. The number of carbonyl (C=O) groups excluding carboxylic acids is 4. The quantitative estimate of drug-likeness (QED) is 0.132. The zero-order valence-corrected chi connectivity index (χ0v) is 35.5. The molecule has 2 aromatic heterocycles. The van der Waals surface area contributed by atoms with Crippen LogP contribution in [-0.2, 0) is 28.5 Å². The minimum absolute atomic E-state index is 0.114. The van der Waals surface area contributed by atoms with Gasteiger partial charge < -0.3 is 49.3 Å². The monoisotopic (exact) mass is 824 g/mol. The number of nitrogens with one attached hydrogen (secondary N) is 4. The average Bonchev–Trinajstić information content (AvgIpc) is 4.09. The van der Waals surface area contributed by atoms with Crippen LogP contribution in [0.15, 0.2) is 60.9 Å². The van der Waals surface area contributed by atoms with Crippen molar-refractivity contribution in [3.63, 3.8) is 0 Å². The SMILES string of the molecule is COC(=O)N[C@H](C(=O)N1CCC[C@H]1c1ncc(-c2ccc(-c3ccc(-c4cnc([C@@H]5CC6(CN5C(=O)[C@@H](NC(=O)OC)C(C)C)O[C@@H](C)[C@H](C)O6)[nH]4)cc3)cc2)[nH]1)C(C)C. The summed E-state index contributed by atoms with van der Waals surface area (Å²) in [6.45, 7) is 12.2. The molecule has 16 nitrogen and oxygen atoms in total. The fourth-order valence-electron chi connectivity index (χ4n) is 8.44. The third kappa shape index (κ3) is 8.61. The molecule has 320 valence electrons. The molecule has 3 saturated heterocycles. The van der Waals surface area contributed by atoms with Crippen molar-refractivity contribution >= 4 is 24.0 Å². The molecule has 7 rings (SSSR count). The van der Waals surface area contributed by atoms with Gasteiger partial charge in [-0.05, 0) is 60.8 Å². The molecule has 3 aliphatic rings. The van der Waals surface area contributed by atoms with Crippen LogP contribution in [0, 0.1) is 11.8 Å². The Morgan fingerprint density at radius 2 is 1.13 bits per heavy atom. The van der Waals surface area contributed by atoms with Crippen LogP contribution >= 0.6 is 0 Å². The van der Waals surface area contributed by atoms with Gasteiger partial charge in [0.25, 0.3) is 0 Å². The van der Waals surface area contributed by atoms with E-state index in [1.807, 2.05) is 65.8 Å². The minimum atomic E-state index is -0.990. The molecule has 60 heavy (non-hydrogen) atoms. The summed E-state index contributed by atoms with van der Waals surface area (Å²) >= 11 is 0. The van der Waals surface area contributed by atoms with Crippen LogP contribution in [0.3, 0.4) is 0 Å². The van der Waals surface area contributed by atoms with E-state index >= 15 is 0 Å². The predicted octanol–water partition coefficient (Wildman–Crippen LogP) is 6.35. The molecule has 4 N–H and O–H groups in total. The molecule has 16 heteroatoms. The summed E-state index contributed by atoms with van der Waals surface area (Å²) in [6.07, 6.45) is 3.95. The van der Waals surface area contributed by atoms with Crippen molar-refractivity contribution in [2.24, 2.45) is 11.8 Å². The molecule has 1 spiro atoms. The highest BCUT2D eigenvalue weighted by molar-refractivity contribution is 5.87. The lowest BCUT2D eigenvalue weighted by atomic mass is 10.0. The van der Waals surface area contributed by atoms with Crippen molar-refractivity contribution < 1.29 is 38.1 Å². The molecule has 0 radical (unpaired) electrons. The Balaban J connectivity index is 1.04. The van der Waals surface area contributed by atoms with Crippen molar-refractivity contribution in [1.29, 1.82) is 0 Å². The lowest BCUT2D eigenvalue weighted by Crippen LogP contribution is -2.52. The molecule has 6 atom stereocenters. The number of ether oxygens (including phenoxy) is 4. The van der Waals surface area contributed by atoms with E-state index in [2.05, 4.69) is 49.9 Å². The lowest BCUT2D eigenvalue weighted by molar-refractivity contribution is -0.166. The fourth-order valence-corrected chi connectivity index (χ4v) is 8.44. The van der Waals surface area contributed by atoms with Gasteiger partial charge in [-0.15, -0.1) is 0 Å². The summed E-state index contributed by atoms with van der Waals surface area (Å²) in [4.78, 5) is 71.7. The molecular weight excluding hydrogens is 769 g/mol. The van der Waals surface area contributed by atoms with E-state index < -0.39 is 36.1 Å². The maximum atomic E-state index is 14.1. The second kappa shape index (κ2) is 17.5. The molecule has 0 saturated carbocycles. The van der Waals surface area contributed by atoms with Crippen LogP contribution in [0.2, 0.25) is 0 Å². The van der Waals surface area contributed by atoms with E-state index in [4.69, 9.17) is 23.9 Å². The fraction of sp³-hybridized carbons (Fsp3) is 0.500. The molecule has 0 bridgehead atoms. The van der Waals surface area contributed by atoms with Crippen LogP contribution in [-0.4, -0.2) is 111 Å². The predicted molar refractivity (Wildman–Crippen MR) is 222 cm³/mol. The first kappa shape index (κ1) is 42.4. The van der Waals surface area contributed by atoms with Crippen LogP contribution in [0.25, 0.3) is 33.6 Å². The molecular formula is C44H56N8O8. The van der Waals surface area contributed by atoms with Gasteiger partial charge in [-0.3, -0.25) is 9.59 Å². The number of aromatic nitrogens is 4. The highest BCUT2D eigenvalue weighted by atomic mass is 16.8. The molecule has 3 aliphatic heterocycles. The number of hydrogen-bond acceptors (Lipinski definition) is 10. The zero-order valence-electron chi connectivity index (χ0n) is 35.5. The van der Waals surface area contributed by atoms with E-state index in [1.54, 1.807) is 22.2 Å². The summed E-state index contributed by atoms with van der Waals surface area (Å²) in [5, 5.41) is 5.40. The van der Waals surface area contributed by atoms with Gasteiger partial charge in [0.05, 0.1) is 68.8 Å². The third-order valence-corrected chi connectivity index (χ3v) is 11.9. The van der Waals surface area contributed by atoms with Crippen molar-refractivity contribution in [1.82, 2.24) is 40.4 Å². The Morgan fingerprint density at radius 1 is 0.700 bits per heavy atom. The number of methoxy groups -OCH3 is 2. The zero-order chi connectivity index (χ0) is 42.9. The van der Waals surface area contributed by atoms with Crippen LogP contribution in [0.5, 0.6) is 0 Å². The van der Waals surface area contributed by atoms with E-state index in [1.165, 1.54) is 14.2 Å². The summed E-state index contributed by atoms with van der Waals surface area (Å²) in [5.41, 5.74) is 5.58. The molecule has 0 unspecified atom stereocenters. The van der Waals surface area contributed by atoms with E-state index in [0.29, 0.717) is 24.6 Å². The van der Waals surface area contributed by atoms with E-state index in [9.17, 15) is 19.2 Å². The van der Waals surface area contributed by atoms with Crippen LogP contribution < -0.4 is 10.6 Å². The van der Waals surface area contributed by atoms with Gasteiger partial charge in [-0.1, -0.05) is 76.2 Å².